The molecule has 3 N–H and O–H groups in total. The predicted molar refractivity (Wildman–Crippen MR) is 140 cm³/mol. The number of fused-ring (bicyclic) bond motifs is 1. The van der Waals surface area contributed by atoms with Gasteiger partial charge in [0.05, 0.1) is 25.5 Å². The second-order valence-electron chi connectivity index (χ2n) is 9.57. The van der Waals surface area contributed by atoms with E-state index in [-0.39, 0.29) is 12.4 Å². The Kier molecular flexibility index (Phi) is 7.16. The minimum atomic E-state index is -1.26. The van der Waals surface area contributed by atoms with E-state index >= 15 is 0 Å². The van der Waals surface area contributed by atoms with Crippen LogP contribution in [0.15, 0.2) is 29.3 Å². The smallest absolute Gasteiger partial charge is 0.410 e. The van der Waals surface area contributed by atoms with Crippen LogP contribution in [0.2, 0.25) is 5.02 Å². The van der Waals surface area contributed by atoms with Gasteiger partial charge in [0.15, 0.2) is 17.0 Å². The number of amides is 2. The highest BCUT2D eigenvalue weighted by molar-refractivity contribution is 9.10. The predicted octanol–water partition coefficient (Wildman–Crippen LogP) is 4.38. The number of hydrogen-bond donors (Lipinski definition) is 3. The number of anilines is 2. The number of halogens is 2. The maximum absolute atomic E-state index is 12.4. The van der Waals surface area contributed by atoms with Gasteiger partial charge < -0.3 is 24.6 Å². The zero-order chi connectivity index (χ0) is 27.0. The van der Waals surface area contributed by atoms with Crippen molar-refractivity contribution >= 4 is 62.4 Å². The number of carbonyl (C=O) groups is 2. The average molecular weight is 592 g/mol. The summed E-state index contributed by atoms with van der Waals surface area (Å²) in [4.78, 5) is 38.0. The molecule has 0 radical (unpaired) electrons. The Morgan fingerprint density at radius 1 is 1.32 bits per heavy atom. The molecule has 194 valence electrons. The van der Waals surface area contributed by atoms with Crippen LogP contribution in [0, 0.1) is 11.3 Å². The van der Waals surface area contributed by atoms with Crippen molar-refractivity contribution in [2.45, 2.75) is 44.9 Å². The number of carbonyl (C=O) groups excluding carboxylic acids is 1. The summed E-state index contributed by atoms with van der Waals surface area (Å²) in [5.41, 5.74) is 0.513. The Balaban J connectivity index is 1.65. The van der Waals surface area contributed by atoms with E-state index in [9.17, 15) is 14.9 Å². The number of nitrogens with one attached hydrogen (secondary N) is 2. The summed E-state index contributed by atoms with van der Waals surface area (Å²) in [5, 5.41) is 24.5. The van der Waals surface area contributed by atoms with Crippen LogP contribution in [-0.2, 0) is 11.3 Å². The normalized spacial score (nSPS) is 17.5. The molecular weight excluding hydrogens is 568 g/mol. The quantitative estimate of drug-likeness (QED) is 0.391. The molecule has 4 rings (SSSR count). The van der Waals surface area contributed by atoms with Gasteiger partial charge in [-0.25, -0.2) is 24.5 Å². The van der Waals surface area contributed by atoms with Gasteiger partial charge in [0.25, 0.3) is 0 Å². The highest BCUT2D eigenvalue weighted by Gasteiger charge is 2.41. The lowest BCUT2D eigenvalue weighted by Crippen LogP contribution is -2.51. The van der Waals surface area contributed by atoms with Crippen molar-refractivity contribution < 1.29 is 19.4 Å². The van der Waals surface area contributed by atoms with Gasteiger partial charge in [-0.05, 0) is 32.9 Å². The number of aromatic nitrogens is 4. The number of nitrogens with zero attached hydrogens (tertiary/aromatic N) is 6. The first-order valence-electron chi connectivity index (χ1n) is 11.2. The van der Waals surface area contributed by atoms with Crippen molar-refractivity contribution in [3.63, 3.8) is 0 Å². The second-order valence-corrected chi connectivity index (χ2v) is 10.9. The topological polar surface area (TPSA) is 158 Å². The van der Waals surface area contributed by atoms with Crippen molar-refractivity contribution in [1.82, 2.24) is 24.8 Å². The Morgan fingerprint density at radius 3 is 2.76 bits per heavy atom. The number of hydrogen-bond acceptors (Lipinski definition) is 8. The van der Waals surface area contributed by atoms with Crippen molar-refractivity contribution in [3.8, 4) is 6.07 Å². The van der Waals surface area contributed by atoms with Gasteiger partial charge in [-0.3, -0.25) is 5.32 Å². The molecule has 0 saturated carbocycles. The largest absolute Gasteiger partial charge is 0.465 e. The SMILES string of the molecule is CC(C)(C)OC(=O)NC1(C#N)CCN(c2cc(Cl)cc(Br)c2Cn2cnc3c(NC(=O)O)ncnc32)C1. The van der Waals surface area contributed by atoms with Crippen LogP contribution in [0.5, 0.6) is 0 Å². The lowest BCUT2D eigenvalue weighted by atomic mass is 10.0. The van der Waals surface area contributed by atoms with E-state index in [1.54, 1.807) is 43.8 Å². The van der Waals surface area contributed by atoms with Crippen molar-refractivity contribution in [2.75, 3.05) is 23.3 Å². The number of imidazole rings is 1. The third kappa shape index (κ3) is 5.86. The average Bonchev–Trinajstić information content (AvgIpc) is 3.39. The summed E-state index contributed by atoms with van der Waals surface area (Å²) >= 11 is 9.99. The van der Waals surface area contributed by atoms with E-state index in [1.807, 2.05) is 4.90 Å². The van der Waals surface area contributed by atoms with Crippen LogP contribution in [0.25, 0.3) is 11.2 Å². The first kappa shape index (κ1) is 26.4. The van der Waals surface area contributed by atoms with Crippen LogP contribution < -0.4 is 15.5 Å². The third-order valence-electron chi connectivity index (χ3n) is 5.66. The monoisotopic (exact) mass is 590 g/mol. The molecule has 1 aliphatic rings. The number of rotatable bonds is 5. The number of nitriles is 1. The highest BCUT2D eigenvalue weighted by atomic mass is 79.9. The van der Waals surface area contributed by atoms with E-state index in [0.717, 1.165) is 15.7 Å². The number of benzene rings is 1. The summed E-state index contributed by atoms with van der Waals surface area (Å²) in [6.45, 7) is 6.29. The molecule has 37 heavy (non-hydrogen) atoms. The van der Waals surface area contributed by atoms with E-state index in [4.69, 9.17) is 21.4 Å². The van der Waals surface area contributed by atoms with Crippen LogP contribution in [0.4, 0.5) is 21.1 Å². The zero-order valence-electron chi connectivity index (χ0n) is 20.2. The first-order chi connectivity index (χ1) is 17.4. The molecule has 0 bridgehead atoms. The van der Waals surface area contributed by atoms with Gasteiger partial charge in [0, 0.05) is 33.7 Å². The van der Waals surface area contributed by atoms with Crippen molar-refractivity contribution in [2.24, 2.45) is 0 Å². The molecule has 1 atom stereocenters. The Morgan fingerprint density at radius 2 is 2.08 bits per heavy atom. The lowest BCUT2D eigenvalue weighted by molar-refractivity contribution is 0.0487. The fourth-order valence-corrected chi connectivity index (χ4v) is 5.04. The minimum Gasteiger partial charge on any atom is -0.465 e. The van der Waals surface area contributed by atoms with Crippen molar-refractivity contribution in [3.05, 3.63) is 39.8 Å². The summed E-state index contributed by atoms with van der Waals surface area (Å²) in [6, 6.07) is 5.81. The molecular formula is C23H24BrClN8O4. The molecule has 14 heteroatoms. The lowest BCUT2D eigenvalue weighted by Gasteiger charge is -2.28. The van der Waals surface area contributed by atoms with Crippen LogP contribution in [0.1, 0.15) is 32.8 Å². The molecule has 1 aliphatic heterocycles. The number of carboxylic acid groups (broad SMARTS) is 1. The molecule has 0 spiro atoms. The molecule has 1 saturated heterocycles. The van der Waals surface area contributed by atoms with Gasteiger partial charge in [-0.2, -0.15) is 5.26 Å². The van der Waals surface area contributed by atoms with Gasteiger partial charge in [0.2, 0.25) is 0 Å². The van der Waals surface area contributed by atoms with Crippen LogP contribution in [0.3, 0.4) is 0 Å². The standard InChI is InChI=1S/C23H24BrClN8O4/c1-22(2,3)37-21(36)31-23(9-26)4-5-32(10-23)16-7-13(25)6-15(24)14(16)8-33-12-29-17-18(30-20(34)35)27-11-28-19(17)33/h6-7,11-12H,4-5,8,10H2,1-3H3,(H,31,36)(H,34,35)(H,27,28,30). The fraction of sp³-hybridized carbons (Fsp3) is 0.391. The maximum Gasteiger partial charge on any atom is 0.410 e. The number of alkyl carbamates (subject to hydrolysis) is 1. The van der Waals surface area contributed by atoms with Gasteiger partial charge in [-0.15, -0.1) is 0 Å². The summed E-state index contributed by atoms with van der Waals surface area (Å²) in [6.07, 6.45) is 1.28. The molecule has 3 aromatic rings. The molecule has 0 aliphatic carbocycles. The van der Waals surface area contributed by atoms with E-state index in [0.29, 0.717) is 35.7 Å². The Bertz CT molecular complexity index is 1420. The Labute approximate surface area is 225 Å². The fourth-order valence-electron chi connectivity index (χ4n) is 4.12. The molecule has 2 amide bonds. The molecule has 2 aromatic heterocycles. The molecule has 3 heterocycles. The van der Waals surface area contributed by atoms with E-state index in [1.165, 1.54) is 6.33 Å². The van der Waals surface area contributed by atoms with Gasteiger partial charge in [-0.1, -0.05) is 27.5 Å². The summed E-state index contributed by atoms with van der Waals surface area (Å²) in [7, 11) is 0. The summed E-state index contributed by atoms with van der Waals surface area (Å²) in [5.74, 6) is 0.0817. The highest BCUT2D eigenvalue weighted by Crippen LogP contribution is 2.37. The molecule has 1 fully saturated rings. The summed E-state index contributed by atoms with van der Waals surface area (Å²) < 4.78 is 7.85. The zero-order valence-corrected chi connectivity index (χ0v) is 22.6. The van der Waals surface area contributed by atoms with Crippen molar-refractivity contribution in [1.29, 1.82) is 5.26 Å². The molecule has 1 aromatic carbocycles. The molecule has 12 nitrogen and oxygen atoms in total. The van der Waals surface area contributed by atoms with Crippen LogP contribution in [-0.4, -0.2) is 61.0 Å². The maximum atomic E-state index is 12.4. The molecule has 1 unspecified atom stereocenters. The minimum absolute atomic E-state index is 0.0817. The van der Waals surface area contributed by atoms with Gasteiger partial charge >= 0.3 is 12.2 Å². The second kappa shape index (κ2) is 10.0. The van der Waals surface area contributed by atoms with E-state index < -0.39 is 23.3 Å². The van der Waals surface area contributed by atoms with Crippen LogP contribution >= 0.6 is 27.5 Å². The number of ether oxygens (including phenoxy) is 1. The Hall–Kier alpha value is -3.63. The van der Waals surface area contributed by atoms with Gasteiger partial charge in [0.1, 0.15) is 17.5 Å². The van der Waals surface area contributed by atoms with E-state index in [2.05, 4.69) is 47.6 Å². The third-order valence-corrected chi connectivity index (χ3v) is 6.58. The first-order valence-corrected chi connectivity index (χ1v) is 12.4.